The molecular weight excluding hydrogens is 236 g/mol. The lowest BCUT2D eigenvalue weighted by Gasteiger charge is -2.11. The number of urea groups is 1. The van der Waals surface area contributed by atoms with E-state index in [1.54, 1.807) is 6.92 Å². The van der Waals surface area contributed by atoms with Crippen LogP contribution >= 0.6 is 0 Å². The Morgan fingerprint density at radius 3 is 2.22 bits per heavy atom. The van der Waals surface area contributed by atoms with Crippen molar-refractivity contribution in [1.29, 1.82) is 0 Å². The molecule has 0 heterocycles. The maximum Gasteiger partial charge on any atom is 0.331 e. The van der Waals surface area contributed by atoms with Crippen LogP contribution in [0.25, 0.3) is 0 Å². The topological polar surface area (TPSA) is 95.5 Å². The lowest BCUT2D eigenvalue weighted by Crippen LogP contribution is -2.44. The minimum atomic E-state index is -1.21. The van der Waals surface area contributed by atoms with Gasteiger partial charge in [0.15, 0.2) is 0 Å². The summed E-state index contributed by atoms with van der Waals surface area (Å²) in [5.74, 6) is 0.362. The van der Waals surface area contributed by atoms with Gasteiger partial charge in [0.25, 0.3) is 5.91 Å². The van der Waals surface area contributed by atoms with Crippen molar-refractivity contribution in [2.75, 3.05) is 0 Å². The first kappa shape index (κ1) is 15.7. The molecule has 0 spiro atoms. The largest absolute Gasteiger partial charge is 0.478 e. The maximum absolute atomic E-state index is 11.5. The van der Waals surface area contributed by atoms with Gasteiger partial charge >= 0.3 is 12.0 Å². The smallest absolute Gasteiger partial charge is 0.331 e. The summed E-state index contributed by atoms with van der Waals surface area (Å²) in [5.41, 5.74) is -0.157. The molecule has 3 N–H and O–H groups in total. The molecule has 0 aromatic rings. The highest BCUT2D eigenvalue weighted by atomic mass is 16.4. The molecule has 0 aliphatic carbocycles. The van der Waals surface area contributed by atoms with Gasteiger partial charge in [-0.3, -0.25) is 10.1 Å². The number of imide groups is 1. The van der Waals surface area contributed by atoms with Crippen LogP contribution in [0.1, 0.15) is 27.2 Å². The summed E-state index contributed by atoms with van der Waals surface area (Å²) in [4.78, 5) is 33.5. The monoisotopic (exact) mass is 252 g/mol. The zero-order chi connectivity index (χ0) is 14.3. The molecule has 1 atom stereocenters. The molecule has 6 nitrogen and oxygen atoms in total. The maximum atomic E-state index is 11.5. The van der Waals surface area contributed by atoms with E-state index in [2.05, 4.69) is 11.2 Å². The average molecular weight is 252 g/mol. The van der Waals surface area contributed by atoms with Gasteiger partial charge in [-0.2, -0.15) is 0 Å². The fourth-order valence-electron chi connectivity index (χ4n) is 0.983. The van der Waals surface area contributed by atoms with E-state index in [0.29, 0.717) is 6.42 Å². The summed E-state index contributed by atoms with van der Waals surface area (Å²) < 4.78 is 0. The van der Waals surface area contributed by atoms with E-state index in [1.165, 1.54) is 13.8 Å². The molecule has 0 saturated carbocycles. The molecule has 98 valence electrons. The Morgan fingerprint density at radius 1 is 1.28 bits per heavy atom. The fraction of sp³-hybridized carbons (Fsp3) is 0.417. The highest BCUT2D eigenvalue weighted by Crippen LogP contribution is 2.03. The molecule has 18 heavy (non-hydrogen) atoms. The number of carboxylic acid groups (broad SMARTS) is 1. The highest BCUT2D eigenvalue weighted by Gasteiger charge is 2.16. The van der Waals surface area contributed by atoms with Gasteiger partial charge in [-0.15, -0.1) is 6.42 Å². The number of carbonyl (C=O) groups excluding carboxylic acids is 2. The normalized spacial score (nSPS) is 12.8. The number of hydrogen-bond acceptors (Lipinski definition) is 3. The number of hydrogen-bond donors (Lipinski definition) is 3. The minimum absolute atomic E-state index is 0.0357. The van der Waals surface area contributed by atoms with E-state index in [-0.39, 0.29) is 11.1 Å². The molecule has 0 bridgehead atoms. The number of carboxylic acids is 1. The van der Waals surface area contributed by atoms with Crippen LogP contribution in [0.15, 0.2) is 11.1 Å². The van der Waals surface area contributed by atoms with Crippen LogP contribution in [0, 0.1) is 12.3 Å². The van der Waals surface area contributed by atoms with Gasteiger partial charge < -0.3 is 10.4 Å². The summed E-state index contributed by atoms with van der Waals surface area (Å²) in [6.45, 7) is 4.39. The molecule has 1 unspecified atom stereocenters. The molecule has 0 aliphatic rings. The predicted octanol–water partition coefficient (Wildman–Crippen LogP) is 0.645. The van der Waals surface area contributed by atoms with Gasteiger partial charge in [-0.05, 0) is 20.3 Å². The van der Waals surface area contributed by atoms with E-state index in [1.807, 2.05) is 5.32 Å². The number of aliphatic carboxylic acids is 1. The molecule has 3 amide bonds. The van der Waals surface area contributed by atoms with Crippen molar-refractivity contribution < 1.29 is 19.5 Å². The fourth-order valence-corrected chi connectivity index (χ4v) is 0.983. The molecule has 0 radical (unpaired) electrons. The molecule has 6 heteroatoms. The van der Waals surface area contributed by atoms with Crippen molar-refractivity contribution in [3.8, 4) is 12.3 Å². The van der Waals surface area contributed by atoms with Gasteiger partial charge in [0, 0.05) is 11.1 Å². The molecule has 0 aromatic carbocycles. The summed E-state index contributed by atoms with van der Waals surface area (Å²) in [6.07, 6.45) is 5.67. The third-order valence-electron chi connectivity index (χ3n) is 2.37. The van der Waals surface area contributed by atoms with Crippen LogP contribution < -0.4 is 10.6 Å². The Hall–Kier alpha value is -2.29. The third kappa shape index (κ3) is 4.70. The van der Waals surface area contributed by atoms with Crippen LogP contribution in [-0.2, 0) is 9.59 Å². The second-order valence-electron chi connectivity index (χ2n) is 3.61. The van der Waals surface area contributed by atoms with Gasteiger partial charge in [-0.1, -0.05) is 12.8 Å². The van der Waals surface area contributed by atoms with Crippen molar-refractivity contribution >= 4 is 17.9 Å². The van der Waals surface area contributed by atoms with Gasteiger partial charge in [-0.25, -0.2) is 9.59 Å². The second kappa shape index (κ2) is 7.12. The lowest BCUT2D eigenvalue weighted by atomic mass is 10.1. The van der Waals surface area contributed by atoms with E-state index in [9.17, 15) is 14.4 Å². The zero-order valence-corrected chi connectivity index (χ0v) is 10.5. The highest BCUT2D eigenvalue weighted by molar-refractivity contribution is 6.07. The van der Waals surface area contributed by atoms with Crippen molar-refractivity contribution in [1.82, 2.24) is 10.6 Å². The van der Waals surface area contributed by atoms with Crippen molar-refractivity contribution in [2.24, 2.45) is 0 Å². The standard InChI is InChI=1S/C12H16N2O4/c1-5-9(6-2)13-12(18)14-10(15)7(3)8(4)11(16)17/h1,9H,6H2,2-4H3,(H,16,17)(H2,13,14,15,18). The summed E-state index contributed by atoms with van der Waals surface area (Å²) in [6, 6.07) is -1.22. The first-order chi connectivity index (χ1) is 8.33. The summed E-state index contributed by atoms with van der Waals surface area (Å²) in [5, 5.41) is 13.1. The zero-order valence-electron chi connectivity index (χ0n) is 10.5. The Kier molecular flexibility index (Phi) is 6.21. The van der Waals surface area contributed by atoms with Crippen molar-refractivity contribution in [3.05, 3.63) is 11.1 Å². The SMILES string of the molecule is C#CC(CC)NC(=O)NC(=O)C(C)=C(C)C(=O)O. The lowest BCUT2D eigenvalue weighted by molar-refractivity contribution is -0.133. The quantitative estimate of drug-likeness (QED) is 0.505. The third-order valence-corrected chi connectivity index (χ3v) is 2.37. The summed E-state index contributed by atoms with van der Waals surface area (Å²) >= 11 is 0. The van der Waals surface area contributed by atoms with Gasteiger partial charge in [0.1, 0.15) is 0 Å². The molecule has 0 rings (SSSR count). The number of amides is 3. The number of rotatable bonds is 4. The molecule has 0 aliphatic heterocycles. The first-order valence-electron chi connectivity index (χ1n) is 5.32. The Morgan fingerprint density at radius 2 is 1.83 bits per heavy atom. The average Bonchev–Trinajstić information content (AvgIpc) is 2.33. The van der Waals surface area contributed by atoms with Crippen LogP contribution in [-0.4, -0.2) is 29.1 Å². The van der Waals surface area contributed by atoms with Gasteiger partial charge in [0.2, 0.25) is 0 Å². The van der Waals surface area contributed by atoms with Crippen LogP contribution in [0.5, 0.6) is 0 Å². The Bertz CT molecular complexity index is 432. The molecule has 0 fully saturated rings. The van der Waals surface area contributed by atoms with Gasteiger partial charge in [0.05, 0.1) is 6.04 Å². The summed E-state index contributed by atoms with van der Waals surface area (Å²) in [7, 11) is 0. The van der Waals surface area contributed by atoms with Crippen molar-refractivity contribution in [2.45, 2.75) is 33.2 Å². The second-order valence-corrected chi connectivity index (χ2v) is 3.61. The number of nitrogens with one attached hydrogen (secondary N) is 2. The molecule has 0 aromatic heterocycles. The van der Waals surface area contributed by atoms with E-state index >= 15 is 0 Å². The van der Waals surface area contributed by atoms with Crippen molar-refractivity contribution in [3.63, 3.8) is 0 Å². The van der Waals surface area contributed by atoms with Crippen LogP contribution in [0.2, 0.25) is 0 Å². The minimum Gasteiger partial charge on any atom is -0.478 e. The van der Waals surface area contributed by atoms with E-state index < -0.39 is 23.9 Å². The number of carbonyl (C=O) groups is 3. The Labute approximate surface area is 105 Å². The van der Waals surface area contributed by atoms with Crippen LogP contribution in [0.4, 0.5) is 4.79 Å². The number of terminal acetylenes is 1. The van der Waals surface area contributed by atoms with E-state index in [4.69, 9.17) is 11.5 Å². The predicted molar refractivity (Wildman–Crippen MR) is 65.6 cm³/mol. The van der Waals surface area contributed by atoms with E-state index in [0.717, 1.165) is 0 Å². The molecular formula is C12H16N2O4. The Balaban J connectivity index is 4.60. The first-order valence-corrected chi connectivity index (χ1v) is 5.32. The molecule has 0 saturated heterocycles. The van der Waals surface area contributed by atoms with Crippen LogP contribution in [0.3, 0.4) is 0 Å².